The molecule has 0 aromatic carbocycles. The van der Waals surface area contributed by atoms with Crippen molar-refractivity contribution in [2.24, 2.45) is 18.4 Å². The molecular formula is C18H22N4O2. The average Bonchev–Trinajstić information content (AvgIpc) is 3.27. The molecule has 0 N–H and O–H groups in total. The highest BCUT2D eigenvalue weighted by molar-refractivity contribution is 5.94. The fourth-order valence-electron chi connectivity index (χ4n) is 4.17. The molecular weight excluding hydrogens is 304 g/mol. The lowest BCUT2D eigenvalue weighted by Crippen LogP contribution is -2.35. The van der Waals surface area contributed by atoms with Crippen LogP contribution in [0.1, 0.15) is 29.6 Å². The lowest BCUT2D eigenvalue weighted by Gasteiger charge is -2.28. The molecule has 1 amide bonds. The number of pyridine rings is 1. The maximum atomic E-state index is 12.7. The van der Waals surface area contributed by atoms with Crippen LogP contribution in [-0.2, 0) is 7.05 Å². The number of nitrogens with zero attached hydrogens (tertiary/aromatic N) is 4. The van der Waals surface area contributed by atoms with Gasteiger partial charge in [-0.15, -0.1) is 0 Å². The van der Waals surface area contributed by atoms with Crippen molar-refractivity contribution < 1.29 is 9.53 Å². The van der Waals surface area contributed by atoms with Crippen LogP contribution in [0.5, 0.6) is 5.88 Å². The summed E-state index contributed by atoms with van der Waals surface area (Å²) in [6, 6.07) is 5.69. The van der Waals surface area contributed by atoms with E-state index in [-0.39, 0.29) is 11.3 Å². The molecule has 1 aliphatic heterocycles. The Labute approximate surface area is 141 Å². The highest BCUT2D eigenvalue weighted by atomic mass is 16.5. The molecule has 24 heavy (non-hydrogen) atoms. The Morgan fingerprint density at radius 2 is 2.38 bits per heavy atom. The first-order valence-corrected chi connectivity index (χ1v) is 8.48. The summed E-state index contributed by atoms with van der Waals surface area (Å²) in [7, 11) is 1.83. The van der Waals surface area contributed by atoms with E-state index in [2.05, 4.69) is 10.1 Å². The summed E-state index contributed by atoms with van der Waals surface area (Å²) in [6.07, 6.45) is 8.67. The fraction of sp³-hybridized carbons (Fsp3) is 0.500. The van der Waals surface area contributed by atoms with Crippen molar-refractivity contribution in [2.75, 3.05) is 19.7 Å². The highest BCUT2D eigenvalue weighted by Gasteiger charge is 2.51. The van der Waals surface area contributed by atoms with Gasteiger partial charge in [0.15, 0.2) is 0 Å². The topological polar surface area (TPSA) is 60.2 Å². The maximum absolute atomic E-state index is 12.7. The molecule has 6 nitrogen and oxygen atoms in total. The Hall–Kier alpha value is -2.37. The fourth-order valence-corrected chi connectivity index (χ4v) is 4.17. The molecule has 1 saturated heterocycles. The number of rotatable bonds is 4. The summed E-state index contributed by atoms with van der Waals surface area (Å²) in [4.78, 5) is 18.9. The molecule has 0 bridgehead atoms. The summed E-state index contributed by atoms with van der Waals surface area (Å²) in [5.74, 6) is 1.26. The van der Waals surface area contributed by atoms with E-state index in [9.17, 15) is 4.79 Å². The summed E-state index contributed by atoms with van der Waals surface area (Å²) >= 11 is 0. The van der Waals surface area contributed by atoms with Gasteiger partial charge in [0.1, 0.15) is 0 Å². The van der Waals surface area contributed by atoms with E-state index in [1.165, 1.54) is 12.8 Å². The number of carbonyl (C=O) groups is 1. The summed E-state index contributed by atoms with van der Waals surface area (Å²) in [6.45, 7) is 2.21. The lowest BCUT2D eigenvalue weighted by atomic mass is 9.81. The van der Waals surface area contributed by atoms with Gasteiger partial charge in [0.25, 0.3) is 5.91 Å². The smallest absolute Gasteiger partial charge is 0.257 e. The van der Waals surface area contributed by atoms with E-state index in [4.69, 9.17) is 4.74 Å². The lowest BCUT2D eigenvalue weighted by molar-refractivity contribution is 0.0744. The van der Waals surface area contributed by atoms with Crippen LogP contribution in [0.15, 0.2) is 36.8 Å². The minimum atomic E-state index is 0.0649. The summed E-state index contributed by atoms with van der Waals surface area (Å²) in [5.41, 5.74) is 0.730. The summed E-state index contributed by atoms with van der Waals surface area (Å²) in [5, 5.41) is 4.11. The second-order valence-electron chi connectivity index (χ2n) is 7.00. The molecule has 6 heteroatoms. The maximum Gasteiger partial charge on any atom is 0.257 e. The zero-order chi connectivity index (χ0) is 16.6. The first-order valence-electron chi connectivity index (χ1n) is 8.48. The van der Waals surface area contributed by atoms with Crippen molar-refractivity contribution in [2.45, 2.75) is 19.3 Å². The van der Waals surface area contributed by atoms with Crippen molar-refractivity contribution >= 4 is 5.91 Å². The highest BCUT2D eigenvalue weighted by Crippen LogP contribution is 2.49. The van der Waals surface area contributed by atoms with Gasteiger partial charge in [0.05, 0.1) is 18.4 Å². The number of likely N-dealkylation sites (tertiary alicyclic amines) is 1. The molecule has 3 heterocycles. The molecule has 2 atom stereocenters. The molecule has 2 aromatic rings. The van der Waals surface area contributed by atoms with Crippen LogP contribution in [0, 0.1) is 11.3 Å². The Morgan fingerprint density at radius 3 is 3.12 bits per heavy atom. The van der Waals surface area contributed by atoms with Gasteiger partial charge in [-0.3, -0.25) is 9.48 Å². The van der Waals surface area contributed by atoms with Gasteiger partial charge in [-0.1, -0.05) is 12.5 Å². The predicted molar refractivity (Wildman–Crippen MR) is 88.6 cm³/mol. The molecule has 0 unspecified atom stereocenters. The second-order valence-corrected chi connectivity index (χ2v) is 7.00. The van der Waals surface area contributed by atoms with Gasteiger partial charge in [-0.05, 0) is 24.8 Å². The zero-order valence-corrected chi connectivity index (χ0v) is 13.9. The number of ether oxygens (including phenoxy) is 1. The van der Waals surface area contributed by atoms with Gasteiger partial charge < -0.3 is 9.64 Å². The Bertz CT molecular complexity index is 730. The largest absolute Gasteiger partial charge is 0.477 e. The Balaban J connectivity index is 1.47. The normalized spacial score (nSPS) is 25.7. The van der Waals surface area contributed by atoms with Crippen LogP contribution < -0.4 is 4.74 Å². The Kier molecular flexibility index (Phi) is 3.75. The van der Waals surface area contributed by atoms with Crippen molar-refractivity contribution in [3.05, 3.63) is 42.4 Å². The van der Waals surface area contributed by atoms with E-state index in [1.807, 2.05) is 30.1 Å². The number of fused-ring (bicyclic) bond motifs is 1. The summed E-state index contributed by atoms with van der Waals surface area (Å²) < 4.78 is 7.64. The quantitative estimate of drug-likeness (QED) is 0.864. The average molecular weight is 326 g/mol. The van der Waals surface area contributed by atoms with E-state index in [0.29, 0.717) is 24.0 Å². The number of amides is 1. The molecule has 2 aliphatic rings. The molecule has 2 fully saturated rings. The van der Waals surface area contributed by atoms with Crippen LogP contribution in [0.3, 0.4) is 0 Å². The van der Waals surface area contributed by atoms with Gasteiger partial charge in [-0.25, -0.2) is 4.98 Å². The SMILES string of the molecule is Cn1cc(C(=O)N2C[C@H]3CCC[C@@]3(COc3ccccn3)C2)cn1. The third kappa shape index (κ3) is 2.66. The van der Waals surface area contributed by atoms with E-state index in [1.54, 1.807) is 23.3 Å². The van der Waals surface area contributed by atoms with E-state index < -0.39 is 0 Å². The van der Waals surface area contributed by atoms with Gasteiger partial charge >= 0.3 is 0 Å². The van der Waals surface area contributed by atoms with Gasteiger partial charge in [0, 0.05) is 44.0 Å². The van der Waals surface area contributed by atoms with E-state index >= 15 is 0 Å². The third-order valence-electron chi connectivity index (χ3n) is 5.42. The number of aryl methyl sites for hydroxylation is 1. The van der Waals surface area contributed by atoms with Crippen LogP contribution in [0.2, 0.25) is 0 Å². The Morgan fingerprint density at radius 1 is 1.46 bits per heavy atom. The third-order valence-corrected chi connectivity index (χ3v) is 5.42. The number of hydrogen-bond acceptors (Lipinski definition) is 4. The van der Waals surface area contributed by atoms with Crippen molar-refractivity contribution in [1.82, 2.24) is 19.7 Å². The molecule has 2 aromatic heterocycles. The number of aromatic nitrogens is 3. The standard InChI is InChI=1S/C18H22N4O2/c1-21-10-14(9-20-21)17(23)22-11-15-5-4-7-18(15,12-22)13-24-16-6-2-3-8-19-16/h2-3,6,8-10,15H,4-5,7,11-13H2,1H3/t15-,18+/m1/s1. The van der Waals surface area contributed by atoms with Gasteiger partial charge in [0.2, 0.25) is 5.88 Å². The van der Waals surface area contributed by atoms with E-state index in [0.717, 1.165) is 19.5 Å². The number of hydrogen-bond donors (Lipinski definition) is 0. The van der Waals surface area contributed by atoms with Crippen molar-refractivity contribution in [1.29, 1.82) is 0 Å². The zero-order valence-electron chi connectivity index (χ0n) is 13.9. The van der Waals surface area contributed by atoms with Crippen LogP contribution in [-0.4, -0.2) is 45.3 Å². The predicted octanol–water partition coefficient (Wildman–Crippen LogP) is 2.14. The first kappa shape index (κ1) is 15.2. The molecule has 0 radical (unpaired) electrons. The number of carbonyl (C=O) groups excluding carboxylic acids is 1. The molecule has 4 rings (SSSR count). The second kappa shape index (κ2) is 5.92. The van der Waals surface area contributed by atoms with Crippen molar-refractivity contribution in [3.8, 4) is 5.88 Å². The first-order chi connectivity index (χ1) is 11.7. The van der Waals surface area contributed by atoms with Crippen LogP contribution >= 0.6 is 0 Å². The van der Waals surface area contributed by atoms with Gasteiger partial charge in [-0.2, -0.15) is 5.10 Å². The molecule has 126 valence electrons. The molecule has 1 aliphatic carbocycles. The molecule has 1 saturated carbocycles. The van der Waals surface area contributed by atoms with Crippen LogP contribution in [0.4, 0.5) is 0 Å². The monoisotopic (exact) mass is 326 g/mol. The molecule has 0 spiro atoms. The van der Waals surface area contributed by atoms with Crippen LogP contribution in [0.25, 0.3) is 0 Å². The minimum Gasteiger partial charge on any atom is -0.477 e. The van der Waals surface area contributed by atoms with Crippen molar-refractivity contribution in [3.63, 3.8) is 0 Å². The minimum absolute atomic E-state index is 0.0649.